The van der Waals surface area contributed by atoms with Crippen LogP contribution in [0.5, 0.6) is 0 Å². The number of carbonyl (C=O) groups is 1. The van der Waals surface area contributed by atoms with Crippen molar-refractivity contribution in [3.8, 4) is 0 Å². The topological polar surface area (TPSA) is 47.6 Å². The maximum Gasteiger partial charge on any atom is 0.289 e. The summed E-state index contributed by atoms with van der Waals surface area (Å²) in [4.78, 5) is 11.3. The molecule has 0 spiro atoms. The molecular formula is C8H11NO3. The van der Waals surface area contributed by atoms with Crippen LogP contribution in [0.2, 0.25) is 0 Å². The van der Waals surface area contributed by atoms with Crippen LogP contribution in [-0.2, 0) is 14.3 Å². The van der Waals surface area contributed by atoms with Gasteiger partial charge in [-0.2, -0.15) is 0 Å². The molecule has 1 saturated carbocycles. The van der Waals surface area contributed by atoms with Crippen molar-refractivity contribution in [1.82, 2.24) is 5.32 Å². The molecule has 4 nitrogen and oxygen atoms in total. The first-order valence-electron chi connectivity index (χ1n) is 4.12. The monoisotopic (exact) mass is 169 g/mol. The van der Waals surface area contributed by atoms with E-state index in [2.05, 4.69) is 5.32 Å². The van der Waals surface area contributed by atoms with E-state index in [-0.39, 0.29) is 12.7 Å². The molecule has 2 rings (SSSR count). The molecule has 1 N–H and O–H groups in total. The lowest BCUT2D eigenvalue weighted by molar-refractivity contribution is -0.122. The molecule has 0 aromatic heterocycles. The minimum atomic E-state index is -0.155. The van der Waals surface area contributed by atoms with Crippen LogP contribution in [0.3, 0.4) is 0 Å². The van der Waals surface area contributed by atoms with Crippen LogP contribution < -0.4 is 5.32 Å². The SMILES string of the molecule is O=C(NC1CCC1)C1=COCO1. The Balaban J connectivity index is 1.82. The van der Waals surface area contributed by atoms with Gasteiger partial charge in [0.15, 0.2) is 0 Å². The molecule has 12 heavy (non-hydrogen) atoms. The Morgan fingerprint density at radius 1 is 1.58 bits per heavy atom. The number of amides is 1. The van der Waals surface area contributed by atoms with Gasteiger partial charge in [0, 0.05) is 6.04 Å². The van der Waals surface area contributed by atoms with Crippen molar-refractivity contribution in [3.63, 3.8) is 0 Å². The average molecular weight is 169 g/mol. The molecule has 66 valence electrons. The maximum absolute atomic E-state index is 11.3. The average Bonchev–Trinajstić information content (AvgIpc) is 2.47. The quantitative estimate of drug-likeness (QED) is 0.654. The van der Waals surface area contributed by atoms with E-state index in [4.69, 9.17) is 9.47 Å². The van der Waals surface area contributed by atoms with Gasteiger partial charge in [-0.1, -0.05) is 0 Å². The number of hydrogen-bond donors (Lipinski definition) is 1. The molecule has 0 aromatic rings. The van der Waals surface area contributed by atoms with E-state index in [1.165, 1.54) is 12.7 Å². The van der Waals surface area contributed by atoms with Crippen molar-refractivity contribution >= 4 is 5.91 Å². The van der Waals surface area contributed by atoms with Gasteiger partial charge in [0.2, 0.25) is 12.6 Å². The lowest BCUT2D eigenvalue weighted by Gasteiger charge is -2.25. The van der Waals surface area contributed by atoms with Gasteiger partial charge in [-0.25, -0.2) is 0 Å². The summed E-state index contributed by atoms with van der Waals surface area (Å²) in [6, 6.07) is 0.350. The summed E-state index contributed by atoms with van der Waals surface area (Å²) in [5, 5.41) is 2.85. The van der Waals surface area contributed by atoms with Crippen LogP contribution in [0, 0.1) is 0 Å². The summed E-state index contributed by atoms with van der Waals surface area (Å²) in [6.45, 7) is 0.160. The Hall–Kier alpha value is -1.19. The van der Waals surface area contributed by atoms with Gasteiger partial charge in [-0.3, -0.25) is 4.79 Å². The molecule has 4 heteroatoms. The third-order valence-electron chi connectivity index (χ3n) is 2.14. The first kappa shape index (κ1) is 7.46. The van der Waals surface area contributed by atoms with Crippen molar-refractivity contribution in [1.29, 1.82) is 0 Å². The van der Waals surface area contributed by atoms with Gasteiger partial charge < -0.3 is 14.8 Å². The van der Waals surface area contributed by atoms with Gasteiger partial charge >= 0.3 is 0 Å². The summed E-state index contributed by atoms with van der Waals surface area (Å²) < 4.78 is 9.68. The maximum atomic E-state index is 11.3. The standard InChI is InChI=1S/C8H11NO3/c10-8(7-4-11-5-12-7)9-6-2-1-3-6/h4,6H,1-3,5H2,(H,9,10). The molecule has 1 amide bonds. The van der Waals surface area contributed by atoms with Gasteiger partial charge in [0.1, 0.15) is 6.26 Å². The molecular weight excluding hydrogens is 158 g/mol. The second kappa shape index (κ2) is 3.05. The fourth-order valence-electron chi connectivity index (χ4n) is 1.17. The Kier molecular flexibility index (Phi) is 1.89. The van der Waals surface area contributed by atoms with Gasteiger partial charge in [0.05, 0.1) is 0 Å². The Bertz CT molecular complexity index is 220. The Labute approximate surface area is 70.5 Å². The lowest BCUT2D eigenvalue weighted by atomic mass is 9.93. The van der Waals surface area contributed by atoms with Crippen LogP contribution in [0.4, 0.5) is 0 Å². The lowest BCUT2D eigenvalue weighted by Crippen LogP contribution is -2.40. The van der Waals surface area contributed by atoms with Crippen LogP contribution in [-0.4, -0.2) is 18.7 Å². The van der Waals surface area contributed by atoms with E-state index >= 15 is 0 Å². The zero-order chi connectivity index (χ0) is 8.39. The highest BCUT2D eigenvalue weighted by atomic mass is 16.7. The van der Waals surface area contributed by atoms with Crippen molar-refractivity contribution in [2.24, 2.45) is 0 Å². The number of ether oxygens (including phenoxy) is 2. The van der Waals surface area contributed by atoms with E-state index in [1.807, 2.05) is 0 Å². The summed E-state index contributed by atoms with van der Waals surface area (Å²) in [6.07, 6.45) is 4.73. The predicted octanol–water partition coefficient (Wildman–Crippen LogP) is 0.501. The van der Waals surface area contributed by atoms with Crippen LogP contribution in [0.15, 0.2) is 12.0 Å². The molecule has 0 atom stereocenters. The summed E-state index contributed by atoms with van der Waals surface area (Å²) in [7, 11) is 0. The third-order valence-corrected chi connectivity index (χ3v) is 2.14. The number of rotatable bonds is 2. The molecule has 0 saturated heterocycles. The second-order valence-electron chi connectivity index (χ2n) is 3.01. The Morgan fingerprint density at radius 3 is 2.92 bits per heavy atom. The second-order valence-corrected chi connectivity index (χ2v) is 3.01. The smallest absolute Gasteiger partial charge is 0.289 e. The molecule has 1 aliphatic carbocycles. The molecule has 0 aromatic carbocycles. The highest BCUT2D eigenvalue weighted by Crippen LogP contribution is 2.19. The van der Waals surface area contributed by atoms with Gasteiger partial charge in [-0.05, 0) is 19.3 Å². The number of hydrogen-bond acceptors (Lipinski definition) is 3. The van der Waals surface area contributed by atoms with Crippen LogP contribution in [0.25, 0.3) is 0 Å². The molecule has 0 bridgehead atoms. The van der Waals surface area contributed by atoms with Crippen molar-refractivity contribution < 1.29 is 14.3 Å². The molecule has 0 radical (unpaired) electrons. The zero-order valence-electron chi connectivity index (χ0n) is 6.71. The molecule has 2 aliphatic rings. The highest BCUT2D eigenvalue weighted by molar-refractivity contribution is 5.91. The van der Waals surface area contributed by atoms with E-state index in [0.29, 0.717) is 11.8 Å². The van der Waals surface area contributed by atoms with E-state index in [1.54, 1.807) is 0 Å². The van der Waals surface area contributed by atoms with Crippen molar-refractivity contribution in [2.75, 3.05) is 6.79 Å². The number of carbonyl (C=O) groups excluding carboxylic acids is 1. The van der Waals surface area contributed by atoms with E-state index in [0.717, 1.165) is 12.8 Å². The first-order chi connectivity index (χ1) is 5.86. The van der Waals surface area contributed by atoms with Crippen molar-refractivity contribution in [3.05, 3.63) is 12.0 Å². The first-order valence-corrected chi connectivity index (χ1v) is 4.12. The van der Waals surface area contributed by atoms with Gasteiger partial charge in [-0.15, -0.1) is 0 Å². The minimum absolute atomic E-state index is 0.155. The largest absolute Gasteiger partial charge is 0.461 e. The van der Waals surface area contributed by atoms with E-state index < -0.39 is 0 Å². The third kappa shape index (κ3) is 1.37. The van der Waals surface area contributed by atoms with E-state index in [9.17, 15) is 4.79 Å². The molecule has 1 heterocycles. The molecule has 0 unspecified atom stereocenters. The van der Waals surface area contributed by atoms with Crippen molar-refractivity contribution in [2.45, 2.75) is 25.3 Å². The van der Waals surface area contributed by atoms with Crippen LogP contribution >= 0.6 is 0 Å². The zero-order valence-corrected chi connectivity index (χ0v) is 6.71. The minimum Gasteiger partial charge on any atom is -0.461 e. The summed E-state index contributed by atoms with van der Waals surface area (Å²) >= 11 is 0. The summed E-state index contributed by atoms with van der Waals surface area (Å²) in [5.74, 6) is 0.138. The predicted molar refractivity (Wildman–Crippen MR) is 40.9 cm³/mol. The normalized spacial score (nSPS) is 21.8. The van der Waals surface area contributed by atoms with Crippen LogP contribution in [0.1, 0.15) is 19.3 Å². The fourth-order valence-corrected chi connectivity index (χ4v) is 1.17. The Morgan fingerprint density at radius 2 is 2.42 bits per heavy atom. The number of nitrogens with one attached hydrogen (secondary N) is 1. The molecule has 1 fully saturated rings. The van der Waals surface area contributed by atoms with Gasteiger partial charge in [0.25, 0.3) is 5.91 Å². The summed E-state index contributed by atoms with van der Waals surface area (Å²) in [5.41, 5.74) is 0. The fraction of sp³-hybridized carbons (Fsp3) is 0.625. The highest BCUT2D eigenvalue weighted by Gasteiger charge is 2.23. The molecule has 1 aliphatic heterocycles.